The van der Waals surface area contributed by atoms with E-state index in [9.17, 15) is 5.11 Å². The molecule has 0 spiro atoms. The number of halogens is 1. The van der Waals surface area contributed by atoms with Crippen molar-refractivity contribution in [2.75, 3.05) is 11.9 Å². The summed E-state index contributed by atoms with van der Waals surface area (Å²) >= 11 is 6.09. The van der Waals surface area contributed by atoms with Crippen molar-refractivity contribution in [3.63, 3.8) is 0 Å². The second-order valence-corrected chi connectivity index (χ2v) is 5.59. The molecular formula is C14H22ClN3O. The molecule has 2 N–H and O–H groups in total. The second-order valence-electron chi connectivity index (χ2n) is 5.20. The average molecular weight is 284 g/mol. The smallest absolute Gasteiger partial charge is 0.135 e. The van der Waals surface area contributed by atoms with Gasteiger partial charge >= 0.3 is 0 Å². The van der Waals surface area contributed by atoms with E-state index in [1.165, 1.54) is 19.3 Å². The van der Waals surface area contributed by atoms with Gasteiger partial charge in [0.05, 0.1) is 12.6 Å². The highest BCUT2D eigenvalue weighted by atomic mass is 35.5. The van der Waals surface area contributed by atoms with Gasteiger partial charge in [0.25, 0.3) is 0 Å². The zero-order valence-corrected chi connectivity index (χ0v) is 12.2. The zero-order chi connectivity index (χ0) is 13.7. The molecule has 0 aliphatic heterocycles. The fourth-order valence-electron chi connectivity index (χ4n) is 2.54. The number of nitrogens with zero attached hydrogens (tertiary/aromatic N) is 2. The number of hydrogen-bond donors (Lipinski definition) is 2. The Kier molecular flexibility index (Phi) is 5.40. The fraction of sp³-hybridized carbons (Fsp3) is 0.714. The van der Waals surface area contributed by atoms with Gasteiger partial charge < -0.3 is 10.4 Å². The average Bonchev–Trinajstić information content (AvgIpc) is 2.45. The summed E-state index contributed by atoms with van der Waals surface area (Å²) in [5.41, 5.74) is 0. The van der Waals surface area contributed by atoms with Crippen LogP contribution in [0, 0.1) is 0 Å². The lowest BCUT2D eigenvalue weighted by Gasteiger charge is -2.21. The summed E-state index contributed by atoms with van der Waals surface area (Å²) in [4.78, 5) is 8.94. The maximum absolute atomic E-state index is 9.24. The predicted octanol–water partition coefficient (Wildman–Crippen LogP) is 3.36. The molecule has 4 nitrogen and oxygen atoms in total. The highest BCUT2D eigenvalue weighted by Gasteiger charge is 2.19. The van der Waals surface area contributed by atoms with E-state index in [2.05, 4.69) is 15.3 Å². The van der Waals surface area contributed by atoms with Crippen molar-refractivity contribution in [2.45, 2.75) is 57.4 Å². The van der Waals surface area contributed by atoms with Crippen LogP contribution in [0.2, 0.25) is 5.15 Å². The summed E-state index contributed by atoms with van der Waals surface area (Å²) in [5, 5.41) is 12.9. The van der Waals surface area contributed by atoms with Gasteiger partial charge in [0.2, 0.25) is 0 Å². The summed E-state index contributed by atoms with van der Waals surface area (Å²) in [7, 11) is 0. The van der Waals surface area contributed by atoms with Crippen LogP contribution in [0.25, 0.3) is 0 Å². The highest BCUT2D eigenvalue weighted by molar-refractivity contribution is 6.29. The molecule has 0 saturated heterocycles. The highest BCUT2D eigenvalue weighted by Crippen LogP contribution is 2.31. The largest absolute Gasteiger partial charge is 0.394 e. The van der Waals surface area contributed by atoms with E-state index in [1.807, 2.05) is 6.92 Å². The maximum atomic E-state index is 9.24. The Morgan fingerprint density at radius 3 is 2.74 bits per heavy atom. The van der Waals surface area contributed by atoms with E-state index < -0.39 is 0 Å². The van der Waals surface area contributed by atoms with Gasteiger partial charge in [-0.1, -0.05) is 37.8 Å². The van der Waals surface area contributed by atoms with Gasteiger partial charge in [0, 0.05) is 12.0 Å². The first-order chi connectivity index (χ1) is 9.22. The minimum atomic E-state index is 0.0187. The van der Waals surface area contributed by atoms with E-state index in [0.717, 1.165) is 30.9 Å². The maximum Gasteiger partial charge on any atom is 0.135 e. The lowest BCUT2D eigenvalue weighted by Crippen LogP contribution is -2.23. The first-order valence-electron chi connectivity index (χ1n) is 7.14. The monoisotopic (exact) mass is 283 g/mol. The lowest BCUT2D eigenvalue weighted by molar-refractivity contribution is 0.271. The van der Waals surface area contributed by atoms with Crippen LogP contribution in [-0.4, -0.2) is 27.7 Å². The second kappa shape index (κ2) is 7.06. The van der Waals surface area contributed by atoms with E-state index in [1.54, 1.807) is 6.07 Å². The van der Waals surface area contributed by atoms with Gasteiger partial charge in [-0.25, -0.2) is 9.97 Å². The van der Waals surface area contributed by atoms with Gasteiger partial charge in [-0.15, -0.1) is 0 Å². The molecule has 1 aromatic heterocycles. The molecule has 1 aromatic rings. The van der Waals surface area contributed by atoms with Crippen molar-refractivity contribution < 1.29 is 5.11 Å². The summed E-state index contributed by atoms with van der Waals surface area (Å²) < 4.78 is 0. The van der Waals surface area contributed by atoms with Crippen LogP contribution in [0.4, 0.5) is 5.82 Å². The summed E-state index contributed by atoms with van der Waals surface area (Å²) in [5.74, 6) is 2.01. The first-order valence-corrected chi connectivity index (χ1v) is 7.52. The third-order valence-electron chi connectivity index (χ3n) is 3.75. The van der Waals surface area contributed by atoms with Crippen molar-refractivity contribution >= 4 is 17.4 Å². The summed E-state index contributed by atoms with van der Waals surface area (Å²) in [6.45, 7) is 2.12. The zero-order valence-electron chi connectivity index (χ0n) is 11.4. The molecule has 0 bridgehead atoms. The molecule has 106 valence electrons. The van der Waals surface area contributed by atoms with E-state index in [-0.39, 0.29) is 12.6 Å². The Hall–Kier alpha value is -0.870. The molecule has 1 saturated carbocycles. The van der Waals surface area contributed by atoms with Crippen LogP contribution in [0.15, 0.2) is 6.07 Å². The molecule has 0 amide bonds. The molecule has 5 heteroatoms. The quantitative estimate of drug-likeness (QED) is 0.814. The molecule has 1 aliphatic carbocycles. The SMILES string of the molecule is CCC(CO)Nc1cc(Cl)nc(C2CCCCC2)n1. The van der Waals surface area contributed by atoms with Crippen molar-refractivity contribution in [2.24, 2.45) is 0 Å². The van der Waals surface area contributed by atoms with Crippen LogP contribution in [-0.2, 0) is 0 Å². The Bertz CT molecular complexity index is 404. The fourth-order valence-corrected chi connectivity index (χ4v) is 2.73. The summed E-state index contributed by atoms with van der Waals surface area (Å²) in [6, 6.07) is 1.75. The minimum Gasteiger partial charge on any atom is -0.394 e. The summed E-state index contributed by atoms with van der Waals surface area (Å²) in [6.07, 6.45) is 6.95. The number of nitrogens with one attached hydrogen (secondary N) is 1. The molecule has 1 heterocycles. The van der Waals surface area contributed by atoms with Crippen LogP contribution in [0.5, 0.6) is 0 Å². The molecule has 19 heavy (non-hydrogen) atoms. The van der Waals surface area contributed by atoms with Gasteiger partial charge in [-0.2, -0.15) is 0 Å². The standard InChI is InChI=1S/C14H22ClN3O/c1-2-11(9-19)16-13-8-12(15)17-14(18-13)10-6-4-3-5-7-10/h8,10-11,19H,2-7,9H2,1H3,(H,16,17,18). The predicted molar refractivity (Wildman–Crippen MR) is 77.7 cm³/mol. The number of aromatic nitrogens is 2. The molecule has 0 aromatic carbocycles. The van der Waals surface area contributed by atoms with Gasteiger partial charge in [0.15, 0.2) is 0 Å². The van der Waals surface area contributed by atoms with Crippen molar-refractivity contribution in [3.8, 4) is 0 Å². The molecule has 2 rings (SSSR count). The van der Waals surface area contributed by atoms with E-state index >= 15 is 0 Å². The lowest BCUT2D eigenvalue weighted by atomic mass is 9.89. The third kappa shape index (κ3) is 4.05. The van der Waals surface area contributed by atoms with Crippen LogP contribution in [0.3, 0.4) is 0 Å². The molecule has 1 fully saturated rings. The number of rotatable bonds is 5. The Balaban J connectivity index is 2.13. The Morgan fingerprint density at radius 1 is 1.37 bits per heavy atom. The molecule has 0 radical (unpaired) electrons. The van der Waals surface area contributed by atoms with Gasteiger partial charge in [0.1, 0.15) is 16.8 Å². The normalized spacial score (nSPS) is 18.3. The number of aliphatic hydroxyl groups excluding tert-OH is 1. The topological polar surface area (TPSA) is 58.0 Å². The van der Waals surface area contributed by atoms with Crippen molar-refractivity contribution in [1.29, 1.82) is 0 Å². The molecule has 1 unspecified atom stereocenters. The Labute approximate surface area is 119 Å². The van der Waals surface area contributed by atoms with Crippen LogP contribution < -0.4 is 5.32 Å². The van der Waals surface area contributed by atoms with Crippen LogP contribution in [0.1, 0.15) is 57.2 Å². The third-order valence-corrected chi connectivity index (χ3v) is 3.94. The number of aliphatic hydroxyl groups is 1. The van der Waals surface area contributed by atoms with Gasteiger partial charge in [-0.3, -0.25) is 0 Å². The van der Waals surface area contributed by atoms with Crippen molar-refractivity contribution in [3.05, 3.63) is 17.0 Å². The van der Waals surface area contributed by atoms with Gasteiger partial charge in [-0.05, 0) is 19.3 Å². The number of hydrogen-bond acceptors (Lipinski definition) is 4. The number of anilines is 1. The Morgan fingerprint density at radius 2 is 2.11 bits per heavy atom. The minimum absolute atomic E-state index is 0.0187. The first kappa shape index (κ1) is 14.5. The van der Waals surface area contributed by atoms with E-state index in [4.69, 9.17) is 11.6 Å². The molecule has 1 atom stereocenters. The molecular weight excluding hydrogens is 262 g/mol. The van der Waals surface area contributed by atoms with Crippen molar-refractivity contribution in [1.82, 2.24) is 9.97 Å². The molecule has 1 aliphatic rings. The van der Waals surface area contributed by atoms with Crippen LogP contribution >= 0.6 is 11.6 Å². The van der Waals surface area contributed by atoms with E-state index in [0.29, 0.717) is 11.1 Å².